The van der Waals surface area contributed by atoms with Gasteiger partial charge < -0.3 is 9.47 Å². The minimum Gasteiger partial charge on any atom is -0.461 e. The molecule has 0 aromatic carbocycles. The Morgan fingerprint density at radius 3 is 2.33 bits per heavy atom. The summed E-state index contributed by atoms with van der Waals surface area (Å²) < 4.78 is 8.05. The van der Waals surface area contributed by atoms with Gasteiger partial charge in [-0.2, -0.15) is 0 Å². The van der Waals surface area contributed by atoms with Gasteiger partial charge in [-0.15, -0.1) is 0 Å². The zero-order valence-electron chi connectivity index (χ0n) is 4.92. The summed E-state index contributed by atoms with van der Waals surface area (Å²) >= 11 is 0. The van der Waals surface area contributed by atoms with E-state index < -0.39 is 11.9 Å². The van der Waals surface area contributed by atoms with Crippen LogP contribution in [-0.4, -0.2) is 25.8 Å². The largest absolute Gasteiger partial charge is 0.461 e. The highest BCUT2D eigenvalue weighted by atomic mass is 16.6. The van der Waals surface area contributed by atoms with Crippen LogP contribution in [0.1, 0.15) is 0 Å². The van der Waals surface area contributed by atoms with E-state index in [1.807, 2.05) is 0 Å². The molecule has 0 aliphatic rings. The lowest BCUT2D eigenvalue weighted by atomic mass is 10.7. The maximum absolute atomic E-state index is 10.2. The molecule has 2 N–H and O–H groups in total. The zero-order valence-corrected chi connectivity index (χ0v) is 4.92. The van der Waals surface area contributed by atoms with E-state index >= 15 is 0 Å². The van der Waals surface area contributed by atoms with Crippen LogP contribution in [0.4, 0.5) is 0 Å². The average Bonchev–Trinajstić information content (AvgIpc) is 1.87. The van der Waals surface area contributed by atoms with Gasteiger partial charge in [0.05, 0.1) is 7.11 Å². The standard InChI is InChI=1S/C4H7NO4/c1-8-3(6)4(7)9-2-5/h2,5H2,1H3. The van der Waals surface area contributed by atoms with Crippen molar-refractivity contribution < 1.29 is 19.1 Å². The van der Waals surface area contributed by atoms with Crippen LogP contribution in [0.3, 0.4) is 0 Å². The number of methoxy groups -OCH3 is 1. The molecule has 0 atom stereocenters. The lowest BCUT2D eigenvalue weighted by Crippen LogP contribution is -2.21. The van der Waals surface area contributed by atoms with Gasteiger partial charge in [0, 0.05) is 0 Å². The summed E-state index contributed by atoms with van der Waals surface area (Å²) in [5.41, 5.74) is 4.77. The summed E-state index contributed by atoms with van der Waals surface area (Å²) in [6.45, 7) is -0.312. The first-order valence-electron chi connectivity index (χ1n) is 2.17. The molecule has 0 aliphatic heterocycles. The van der Waals surface area contributed by atoms with E-state index in [1.54, 1.807) is 0 Å². The van der Waals surface area contributed by atoms with E-state index in [2.05, 4.69) is 9.47 Å². The highest BCUT2D eigenvalue weighted by Gasteiger charge is 2.13. The van der Waals surface area contributed by atoms with Gasteiger partial charge in [-0.05, 0) is 0 Å². The van der Waals surface area contributed by atoms with Crippen molar-refractivity contribution in [1.82, 2.24) is 0 Å². The Morgan fingerprint density at radius 1 is 1.44 bits per heavy atom. The molecule has 0 aliphatic carbocycles. The SMILES string of the molecule is COC(=O)C(=O)OCN. The van der Waals surface area contributed by atoms with Crippen LogP contribution in [0.25, 0.3) is 0 Å². The van der Waals surface area contributed by atoms with Crippen molar-refractivity contribution in [3.8, 4) is 0 Å². The number of hydrogen-bond donors (Lipinski definition) is 1. The van der Waals surface area contributed by atoms with Gasteiger partial charge in [-0.25, -0.2) is 9.59 Å². The van der Waals surface area contributed by atoms with Crippen LogP contribution in [0.5, 0.6) is 0 Å². The fraction of sp³-hybridized carbons (Fsp3) is 0.500. The molecule has 0 rings (SSSR count). The number of carbonyl (C=O) groups excluding carboxylic acids is 2. The van der Waals surface area contributed by atoms with Gasteiger partial charge in [0.1, 0.15) is 6.73 Å². The number of rotatable bonds is 1. The van der Waals surface area contributed by atoms with Gasteiger partial charge in [0.2, 0.25) is 0 Å². The molecule has 52 valence electrons. The van der Waals surface area contributed by atoms with Gasteiger partial charge in [-0.1, -0.05) is 0 Å². The van der Waals surface area contributed by atoms with Crippen LogP contribution in [0.15, 0.2) is 0 Å². The maximum atomic E-state index is 10.2. The van der Waals surface area contributed by atoms with E-state index in [9.17, 15) is 9.59 Å². The molecule has 0 bridgehead atoms. The molecule has 0 saturated carbocycles. The first-order chi connectivity index (χ1) is 4.22. The molecule has 0 spiro atoms. The van der Waals surface area contributed by atoms with Gasteiger partial charge in [0.25, 0.3) is 0 Å². The summed E-state index contributed by atoms with van der Waals surface area (Å²) in [6, 6.07) is 0. The Hall–Kier alpha value is -1.10. The Kier molecular flexibility index (Phi) is 3.38. The van der Waals surface area contributed by atoms with Crippen LogP contribution in [0.2, 0.25) is 0 Å². The topological polar surface area (TPSA) is 78.6 Å². The van der Waals surface area contributed by atoms with Crippen LogP contribution in [0, 0.1) is 0 Å². The molecule has 9 heavy (non-hydrogen) atoms. The third kappa shape index (κ3) is 2.65. The average molecular weight is 133 g/mol. The van der Waals surface area contributed by atoms with Crippen LogP contribution < -0.4 is 5.73 Å². The minimum absolute atomic E-state index is 0.312. The van der Waals surface area contributed by atoms with Crippen molar-refractivity contribution in [2.45, 2.75) is 0 Å². The molecule has 0 amide bonds. The summed E-state index contributed by atoms with van der Waals surface area (Å²) in [5, 5.41) is 0. The minimum atomic E-state index is -1.07. The third-order valence-corrected chi connectivity index (χ3v) is 0.566. The predicted octanol–water partition coefficient (Wildman–Crippen LogP) is -1.38. The van der Waals surface area contributed by atoms with Crippen molar-refractivity contribution in [2.75, 3.05) is 13.8 Å². The molecule has 0 heterocycles. The molecular formula is C4H7NO4. The fourth-order valence-electron chi connectivity index (χ4n) is 0.218. The molecule has 0 unspecified atom stereocenters. The van der Waals surface area contributed by atoms with Crippen molar-refractivity contribution in [3.05, 3.63) is 0 Å². The molecule has 5 heteroatoms. The van der Waals surface area contributed by atoms with E-state index in [1.165, 1.54) is 0 Å². The smallest absolute Gasteiger partial charge is 0.418 e. The third-order valence-electron chi connectivity index (χ3n) is 0.566. The Balaban J connectivity index is 3.60. The summed E-state index contributed by atoms with van der Waals surface area (Å²) in [4.78, 5) is 20.3. The monoisotopic (exact) mass is 133 g/mol. The molecule has 0 saturated heterocycles. The lowest BCUT2D eigenvalue weighted by molar-refractivity contribution is -0.165. The number of esters is 2. The summed E-state index contributed by atoms with van der Waals surface area (Å²) in [7, 11) is 1.08. The van der Waals surface area contributed by atoms with Crippen molar-refractivity contribution in [2.24, 2.45) is 5.73 Å². The predicted molar refractivity (Wildman–Crippen MR) is 27.2 cm³/mol. The Bertz CT molecular complexity index is 122. The second-order valence-corrected chi connectivity index (χ2v) is 1.09. The summed E-state index contributed by atoms with van der Waals surface area (Å²) in [6.07, 6.45) is 0. The Morgan fingerprint density at radius 2 is 2.00 bits per heavy atom. The molecule has 0 aromatic heterocycles. The second-order valence-electron chi connectivity index (χ2n) is 1.09. The number of ether oxygens (including phenoxy) is 2. The van der Waals surface area contributed by atoms with Gasteiger partial charge >= 0.3 is 11.9 Å². The quantitative estimate of drug-likeness (QED) is 0.271. The molecular weight excluding hydrogens is 126 g/mol. The fourth-order valence-corrected chi connectivity index (χ4v) is 0.218. The summed E-state index contributed by atoms with van der Waals surface area (Å²) in [5.74, 6) is -2.11. The highest BCUT2D eigenvalue weighted by Crippen LogP contribution is 1.77. The maximum Gasteiger partial charge on any atom is 0.418 e. The van der Waals surface area contributed by atoms with Crippen molar-refractivity contribution >= 4 is 11.9 Å². The van der Waals surface area contributed by atoms with Crippen LogP contribution in [-0.2, 0) is 19.1 Å². The highest BCUT2D eigenvalue weighted by molar-refractivity contribution is 6.29. The first kappa shape index (κ1) is 7.90. The normalized spacial score (nSPS) is 8.22. The number of nitrogens with two attached hydrogens (primary N) is 1. The van der Waals surface area contributed by atoms with E-state index in [-0.39, 0.29) is 6.73 Å². The van der Waals surface area contributed by atoms with Crippen molar-refractivity contribution in [1.29, 1.82) is 0 Å². The number of hydrogen-bond acceptors (Lipinski definition) is 5. The lowest BCUT2D eigenvalue weighted by Gasteiger charge is -1.96. The number of carbonyl (C=O) groups is 2. The molecule has 0 radical (unpaired) electrons. The van der Waals surface area contributed by atoms with Gasteiger partial charge in [0.15, 0.2) is 0 Å². The first-order valence-corrected chi connectivity index (χ1v) is 2.17. The second kappa shape index (κ2) is 3.85. The molecule has 0 aromatic rings. The Labute approximate surface area is 51.7 Å². The molecule has 0 fully saturated rings. The molecule has 5 nitrogen and oxygen atoms in total. The zero-order chi connectivity index (χ0) is 7.28. The van der Waals surface area contributed by atoms with Crippen LogP contribution >= 0.6 is 0 Å². The van der Waals surface area contributed by atoms with E-state index in [0.29, 0.717) is 0 Å². The van der Waals surface area contributed by atoms with Gasteiger partial charge in [-0.3, -0.25) is 5.73 Å². The van der Waals surface area contributed by atoms with E-state index in [0.717, 1.165) is 7.11 Å². The van der Waals surface area contributed by atoms with E-state index in [4.69, 9.17) is 5.73 Å². The van der Waals surface area contributed by atoms with Crippen molar-refractivity contribution in [3.63, 3.8) is 0 Å².